The van der Waals surface area contributed by atoms with Gasteiger partial charge in [-0.25, -0.2) is 9.78 Å². The first-order chi connectivity index (χ1) is 12.5. The molecule has 6 nitrogen and oxygen atoms in total. The minimum atomic E-state index is -1.08. The second-order valence-electron chi connectivity index (χ2n) is 5.12. The Bertz CT molecular complexity index is 938. The Morgan fingerprint density at radius 2 is 1.88 bits per heavy atom. The van der Waals surface area contributed by atoms with Crippen LogP contribution in [0.5, 0.6) is 17.2 Å². The molecule has 0 amide bonds. The number of benzene rings is 2. The maximum Gasteiger partial charge on any atom is 0.342 e. The van der Waals surface area contributed by atoms with Gasteiger partial charge in [0.15, 0.2) is 4.34 Å². The maximum atomic E-state index is 12.0. The van der Waals surface area contributed by atoms with E-state index in [1.165, 1.54) is 43.8 Å². The summed E-state index contributed by atoms with van der Waals surface area (Å²) in [6.07, 6.45) is 1.46. The number of aromatic nitrogens is 1. The molecule has 3 aromatic rings. The van der Waals surface area contributed by atoms with Crippen LogP contribution in [0, 0.1) is 0 Å². The number of hydrogen-bond donors (Lipinski definition) is 1. The van der Waals surface area contributed by atoms with Gasteiger partial charge in [-0.2, -0.15) is 0 Å². The van der Waals surface area contributed by atoms with Crippen LogP contribution >= 0.6 is 23.1 Å². The smallest absolute Gasteiger partial charge is 0.342 e. The Kier molecular flexibility index (Phi) is 5.34. The average Bonchev–Trinajstić information content (AvgIpc) is 3.04. The molecule has 134 valence electrons. The van der Waals surface area contributed by atoms with E-state index in [0.717, 1.165) is 22.0 Å². The van der Waals surface area contributed by atoms with Crippen LogP contribution in [-0.4, -0.2) is 30.3 Å². The highest BCUT2D eigenvalue weighted by atomic mass is 32.2. The number of thioether (sulfide) groups is 1. The zero-order valence-corrected chi connectivity index (χ0v) is 15.5. The normalized spacial score (nSPS) is 11.5. The van der Waals surface area contributed by atoms with E-state index >= 15 is 0 Å². The van der Waals surface area contributed by atoms with Crippen molar-refractivity contribution in [3.05, 3.63) is 46.9 Å². The summed E-state index contributed by atoms with van der Waals surface area (Å²) < 4.78 is 11.7. The molecular formula is C18H14NO5S2-. The van der Waals surface area contributed by atoms with Crippen molar-refractivity contribution in [2.75, 3.05) is 14.2 Å². The van der Waals surface area contributed by atoms with Gasteiger partial charge >= 0.3 is 5.97 Å². The van der Waals surface area contributed by atoms with Gasteiger partial charge in [-0.05, 0) is 41.7 Å². The van der Waals surface area contributed by atoms with E-state index in [0.29, 0.717) is 9.90 Å². The second-order valence-corrected chi connectivity index (χ2v) is 7.44. The summed E-state index contributed by atoms with van der Waals surface area (Å²) in [6, 6.07) is 10.6. The summed E-state index contributed by atoms with van der Waals surface area (Å²) in [6.45, 7) is 0. The molecular weight excluding hydrogens is 374 g/mol. The fourth-order valence-corrected chi connectivity index (χ4v) is 4.28. The lowest BCUT2D eigenvalue weighted by Crippen LogP contribution is -2.00. The number of nitrogens with zero attached hydrogens (tertiary/aromatic N) is 1. The van der Waals surface area contributed by atoms with Gasteiger partial charge in [0.05, 0.1) is 24.4 Å². The van der Waals surface area contributed by atoms with Crippen molar-refractivity contribution in [1.82, 2.24) is 4.98 Å². The van der Waals surface area contributed by atoms with Crippen molar-refractivity contribution in [2.45, 2.75) is 4.34 Å². The largest absolute Gasteiger partial charge is 0.867 e. The highest BCUT2D eigenvalue weighted by Gasteiger charge is 2.14. The van der Waals surface area contributed by atoms with Gasteiger partial charge in [0.2, 0.25) is 0 Å². The molecule has 0 fully saturated rings. The van der Waals surface area contributed by atoms with Crippen molar-refractivity contribution < 1.29 is 24.5 Å². The number of methoxy groups -OCH3 is 2. The van der Waals surface area contributed by atoms with Crippen LogP contribution in [0.3, 0.4) is 0 Å². The Morgan fingerprint density at radius 1 is 1.23 bits per heavy atom. The number of hydrogen-bond acceptors (Lipinski definition) is 7. The van der Waals surface area contributed by atoms with Gasteiger partial charge in [-0.15, -0.1) is 11.3 Å². The molecule has 0 aliphatic rings. The molecule has 1 N–H and O–H groups in total. The number of ether oxygens (including phenoxy) is 2. The third-order valence-corrected chi connectivity index (χ3v) is 5.57. The minimum Gasteiger partial charge on any atom is -0.867 e. The number of para-hydroxylation sites is 1. The van der Waals surface area contributed by atoms with Crippen LogP contribution < -0.4 is 14.6 Å². The third-order valence-electron chi connectivity index (χ3n) is 3.46. The van der Waals surface area contributed by atoms with E-state index in [4.69, 9.17) is 9.47 Å². The summed E-state index contributed by atoms with van der Waals surface area (Å²) in [5.74, 6) is -1.29. The number of fused-ring (bicyclic) bond motifs is 1. The second kappa shape index (κ2) is 7.67. The SMILES string of the molecule is COc1cc(/C=C(/Sc2nc3ccccc3s2)C(=O)O)cc(OC)c1[O-]. The third kappa shape index (κ3) is 3.76. The first kappa shape index (κ1) is 18.1. The highest BCUT2D eigenvalue weighted by Crippen LogP contribution is 2.38. The molecule has 0 unspecified atom stereocenters. The molecule has 26 heavy (non-hydrogen) atoms. The number of thiazole rings is 1. The van der Waals surface area contributed by atoms with E-state index < -0.39 is 5.97 Å². The number of rotatable bonds is 6. The molecule has 0 aliphatic carbocycles. The van der Waals surface area contributed by atoms with E-state index in [2.05, 4.69) is 4.98 Å². The van der Waals surface area contributed by atoms with Gasteiger partial charge in [0, 0.05) is 0 Å². The Balaban J connectivity index is 1.98. The molecule has 0 radical (unpaired) electrons. The highest BCUT2D eigenvalue weighted by molar-refractivity contribution is 8.05. The molecule has 3 rings (SSSR count). The quantitative estimate of drug-likeness (QED) is 0.509. The van der Waals surface area contributed by atoms with E-state index in [1.807, 2.05) is 24.3 Å². The molecule has 0 spiro atoms. The van der Waals surface area contributed by atoms with Gasteiger partial charge in [0.1, 0.15) is 16.4 Å². The number of carboxylic acids is 1. The summed E-state index contributed by atoms with van der Waals surface area (Å²) in [5, 5.41) is 21.5. The fourth-order valence-electron chi connectivity index (χ4n) is 2.26. The van der Waals surface area contributed by atoms with E-state index in [1.54, 1.807) is 0 Å². The minimum absolute atomic E-state index is 0.0758. The summed E-state index contributed by atoms with van der Waals surface area (Å²) in [4.78, 5) is 16.2. The number of aliphatic carboxylic acids is 1. The molecule has 0 saturated carbocycles. The van der Waals surface area contributed by atoms with Crippen molar-refractivity contribution in [1.29, 1.82) is 0 Å². The van der Waals surface area contributed by atoms with Gasteiger partial charge < -0.3 is 19.7 Å². The molecule has 0 atom stereocenters. The molecule has 0 aliphatic heterocycles. The van der Waals surface area contributed by atoms with Crippen molar-refractivity contribution in [2.24, 2.45) is 0 Å². The Labute approximate surface area is 157 Å². The van der Waals surface area contributed by atoms with Crippen LogP contribution in [0.4, 0.5) is 0 Å². The fraction of sp³-hybridized carbons (Fsp3) is 0.111. The monoisotopic (exact) mass is 388 g/mol. The lowest BCUT2D eigenvalue weighted by atomic mass is 10.1. The lowest BCUT2D eigenvalue weighted by molar-refractivity contribution is -0.271. The van der Waals surface area contributed by atoms with Crippen LogP contribution in [-0.2, 0) is 4.79 Å². The average molecular weight is 388 g/mol. The van der Waals surface area contributed by atoms with Crippen molar-refractivity contribution in [3.8, 4) is 17.2 Å². The molecule has 1 heterocycles. The van der Waals surface area contributed by atoms with Crippen LogP contribution in [0.15, 0.2) is 45.6 Å². The predicted molar refractivity (Wildman–Crippen MR) is 100 cm³/mol. The standard InChI is InChI=1S/C18H15NO5S2/c1-23-12-7-10(8-13(24-2)16(12)20)9-15(17(21)22)26-18-19-11-5-3-4-6-14(11)25-18/h3-9,20H,1-2H3,(H,21,22)/p-1/b15-9+. The van der Waals surface area contributed by atoms with Gasteiger partial charge in [0.25, 0.3) is 0 Å². The van der Waals surface area contributed by atoms with E-state index in [-0.39, 0.29) is 22.2 Å². The Hall–Kier alpha value is -2.71. The zero-order valence-electron chi connectivity index (χ0n) is 13.9. The molecule has 1 aromatic heterocycles. The molecule has 0 bridgehead atoms. The number of carbonyl (C=O) groups is 1. The van der Waals surface area contributed by atoms with E-state index in [9.17, 15) is 15.0 Å². The molecule has 2 aromatic carbocycles. The molecule has 8 heteroatoms. The molecule has 0 saturated heterocycles. The summed E-state index contributed by atoms with van der Waals surface area (Å²) >= 11 is 2.48. The van der Waals surface area contributed by atoms with Gasteiger partial charge in [-0.1, -0.05) is 23.9 Å². The summed E-state index contributed by atoms with van der Waals surface area (Å²) in [5.41, 5.74) is 1.31. The van der Waals surface area contributed by atoms with Crippen LogP contribution in [0.2, 0.25) is 0 Å². The maximum absolute atomic E-state index is 12.0. The van der Waals surface area contributed by atoms with Crippen molar-refractivity contribution in [3.63, 3.8) is 0 Å². The first-order valence-corrected chi connectivity index (χ1v) is 9.06. The topological polar surface area (TPSA) is 91.7 Å². The van der Waals surface area contributed by atoms with Crippen LogP contribution in [0.1, 0.15) is 5.56 Å². The van der Waals surface area contributed by atoms with Gasteiger partial charge in [-0.3, -0.25) is 0 Å². The zero-order chi connectivity index (χ0) is 18.7. The van der Waals surface area contributed by atoms with Crippen molar-refractivity contribution >= 4 is 45.4 Å². The summed E-state index contributed by atoms with van der Waals surface area (Å²) in [7, 11) is 2.75. The Morgan fingerprint density at radius 3 is 2.46 bits per heavy atom. The number of carboxylic acid groups (broad SMARTS) is 1. The first-order valence-electron chi connectivity index (χ1n) is 7.43. The van der Waals surface area contributed by atoms with Crippen LogP contribution in [0.25, 0.3) is 16.3 Å². The predicted octanol–water partition coefficient (Wildman–Crippen LogP) is 3.60. The lowest BCUT2D eigenvalue weighted by Gasteiger charge is -2.17.